The average molecular weight is 212 g/mol. The predicted molar refractivity (Wildman–Crippen MR) is 56.1 cm³/mol. The van der Waals surface area contributed by atoms with Gasteiger partial charge in [-0.2, -0.15) is 0 Å². The highest BCUT2D eigenvalue weighted by atomic mass is 16.5. The molecule has 15 heavy (non-hydrogen) atoms. The fraction of sp³-hybridized carbons (Fsp3) is 0.455. The number of rotatable bonds is 6. The summed E-state index contributed by atoms with van der Waals surface area (Å²) >= 11 is 0. The van der Waals surface area contributed by atoms with Crippen LogP contribution >= 0.6 is 0 Å². The molecule has 0 aromatic rings. The molecule has 0 aromatic carbocycles. The molecule has 4 nitrogen and oxygen atoms in total. The molecule has 0 saturated heterocycles. The normalized spacial score (nSPS) is 10.3. The summed E-state index contributed by atoms with van der Waals surface area (Å²) in [5.74, 6) is -0.856. The minimum Gasteiger partial charge on any atom is -0.462 e. The molecule has 0 bridgehead atoms. The van der Waals surface area contributed by atoms with Crippen molar-refractivity contribution < 1.29 is 19.1 Å². The zero-order valence-corrected chi connectivity index (χ0v) is 9.06. The van der Waals surface area contributed by atoms with E-state index < -0.39 is 11.9 Å². The van der Waals surface area contributed by atoms with Crippen LogP contribution < -0.4 is 0 Å². The molecule has 0 unspecified atom stereocenters. The van der Waals surface area contributed by atoms with Gasteiger partial charge in [0.05, 0.1) is 6.61 Å². The quantitative estimate of drug-likeness (QED) is 0.380. The third-order valence-electron chi connectivity index (χ3n) is 1.26. The summed E-state index contributed by atoms with van der Waals surface area (Å²) in [5.41, 5.74) is 0. The highest BCUT2D eigenvalue weighted by Crippen LogP contribution is 1.93. The van der Waals surface area contributed by atoms with Gasteiger partial charge in [-0.3, -0.25) is 0 Å². The van der Waals surface area contributed by atoms with Gasteiger partial charge >= 0.3 is 11.9 Å². The Kier molecular flexibility index (Phi) is 6.97. The van der Waals surface area contributed by atoms with Crippen LogP contribution in [0, 0.1) is 5.92 Å². The number of esters is 2. The summed E-state index contributed by atoms with van der Waals surface area (Å²) in [6.45, 7) is 7.70. The van der Waals surface area contributed by atoms with Gasteiger partial charge in [0.25, 0.3) is 0 Å². The monoisotopic (exact) mass is 212 g/mol. The SMILES string of the molecule is C=CCOC(=O)/C=C/C(=O)OCC(C)C. The maximum atomic E-state index is 11.0. The van der Waals surface area contributed by atoms with Crippen LogP contribution in [-0.4, -0.2) is 25.2 Å². The molecule has 0 spiro atoms. The molecule has 0 fully saturated rings. The number of hydrogen-bond acceptors (Lipinski definition) is 4. The van der Waals surface area contributed by atoms with Crippen molar-refractivity contribution in [1.29, 1.82) is 0 Å². The Bertz CT molecular complexity index is 253. The van der Waals surface area contributed by atoms with Gasteiger partial charge in [-0.25, -0.2) is 9.59 Å². The van der Waals surface area contributed by atoms with E-state index in [1.54, 1.807) is 0 Å². The van der Waals surface area contributed by atoms with Crippen molar-refractivity contribution in [2.24, 2.45) is 5.92 Å². The minimum absolute atomic E-state index is 0.129. The first-order valence-electron chi connectivity index (χ1n) is 4.68. The Hall–Kier alpha value is -1.58. The van der Waals surface area contributed by atoms with Crippen LogP contribution in [0.25, 0.3) is 0 Å². The predicted octanol–water partition coefficient (Wildman–Crippen LogP) is 1.47. The van der Waals surface area contributed by atoms with Crippen LogP contribution in [0.1, 0.15) is 13.8 Å². The molecule has 0 N–H and O–H groups in total. The van der Waals surface area contributed by atoms with Crippen LogP contribution in [0.3, 0.4) is 0 Å². The average Bonchev–Trinajstić information content (AvgIpc) is 2.20. The van der Waals surface area contributed by atoms with E-state index in [1.807, 2.05) is 13.8 Å². The number of carbonyl (C=O) groups excluding carboxylic acids is 2. The summed E-state index contributed by atoms with van der Waals surface area (Å²) in [6.07, 6.45) is 3.53. The van der Waals surface area contributed by atoms with Crippen molar-refractivity contribution >= 4 is 11.9 Å². The Balaban J connectivity index is 3.79. The van der Waals surface area contributed by atoms with Gasteiger partial charge in [-0.05, 0) is 5.92 Å². The molecular formula is C11H16O4. The Labute approximate surface area is 89.6 Å². The highest BCUT2D eigenvalue weighted by molar-refractivity contribution is 5.91. The van der Waals surface area contributed by atoms with Crippen molar-refractivity contribution in [1.82, 2.24) is 0 Å². The molecule has 0 aliphatic rings. The molecule has 0 amide bonds. The van der Waals surface area contributed by atoms with E-state index in [4.69, 9.17) is 4.74 Å². The fourth-order valence-corrected chi connectivity index (χ4v) is 0.622. The van der Waals surface area contributed by atoms with Crippen LogP contribution in [-0.2, 0) is 19.1 Å². The molecular weight excluding hydrogens is 196 g/mol. The molecule has 0 rings (SSSR count). The summed E-state index contributed by atoms with van der Waals surface area (Å²) in [7, 11) is 0. The van der Waals surface area contributed by atoms with Crippen molar-refractivity contribution in [3.05, 3.63) is 24.8 Å². The Morgan fingerprint density at radius 1 is 1.20 bits per heavy atom. The molecule has 0 atom stereocenters. The summed E-state index contributed by atoms with van der Waals surface area (Å²) < 4.78 is 9.42. The molecule has 0 aromatic heterocycles. The number of hydrogen-bond donors (Lipinski definition) is 0. The van der Waals surface area contributed by atoms with Gasteiger partial charge in [0.1, 0.15) is 6.61 Å². The fourth-order valence-electron chi connectivity index (χ4n) is 0.622. The van der Waals surface area contributed by atoms with E-state index in [0.29, 0.717) is 6.61 Å². The standard InChI is InChI=1S/C11H16O4/c1-4-7-14-10(12)5-6-11(13)15-8-9(2)3/h4-6,9H,1,7-8H2,2-3H3/b6-5+. The van der Waals surface area contributed by atoms with Crippen LogP contribution in [0.2, 0.25) is 0 Å². The largest absolute Gasteiger partial charge is 0.462 e. The van der Waals surface area contributed by atoms with E-state index in [9.17, 15) is 9.59 Å². The lowest BCUT2D eigenvalue weighted by Crippen LogP contribution is -2.08. The first kappa shape index (κ1) is 13.4. The summed E-state index contributed by atoms with van der Waals surface area (Å²) in [5, 5.41) is 0. The van der Waals surface area contributed by atoms with Gasteiger partial charge in [-0.15, -0.1) is 0 Å². The molecule has 84 valence electrons. The van der Waals surface area contributed by atoms with Crippen molar-refractivity contribution in [3.8, 4) is 0 Å². The second-order valence-electron chi connectivity index (χ2n) is 3.28. The first-order valence-corrected chi connectivity index (χ1v) is 4.68. The van der Waals surface area contributed by atoms with Crippen LogP contribution in [0.15, 0.2) is 24.8 Å². The Morgan fingerprint density at radius 3 is 2.20 bits per heavy atom. The molecule has 0 aliphatic heterocycles. The maximum Gasteiger partial charge on any atom is 0.331 e. The number of carbonyl (C=O) groups is 2. The third-order valence-corrected chi connectivity index (χ3v) is 1.26. The van der Waals surface area contributed by atoms with Crippen molar-refractivity contribution in [2.45, 2.75) is 13.8 Å². The summed E-state index contributed by atoms with van der Waals surface area (Å²) in [4.78, 5) is 21.9. The molecule has 0 saturated carbocycles. The van der Waals surface area contributed by atoms with Crippen molar-refractivity contribution in [3.63, 3.8) is 0 Å². The van der Waals surface area contributed by atoms with Gasteiger partial charge in [0, 0.05) is 12.2 Å². The third kappa shape index (κ3) is 8.74. The topological polar surface area (TPSA) is 52.6 Å². The van der Waals surface area contributed by atoms with E-state index in [2.05, 4.69) is 11.3 Å². The second-order valence-corrected chi connectivity index (χ2v) is 3.28. The highest BCUT2D eigenvalue weighted by Gasteiger charge is 2.01. The van der Waals surface area contributed by atoms with Crippen LogP contribution in [0.4, 0.5) is 0 Å². The molecule has 0 radical (unpaired) electrons. The lowest BCUT2D eigenvalue weighted by atomic mass is 10.2. The smallest absolute Gasteiger partial charge is 0.331 e. The van der Waals surface area contributed by atoms with Gasteiger partial charge in [-0.1, -0.05) is 26.5 Å². The lowest BCUT2D eigenvalue weighted by molar-refractivity contribution is -0.140. The molecule has 0 aliphatic carbocycles. The molecule has 4 heteroatoms. The van der Waals surface area contributed by atoms with Gasteiger partial charge in [0.2, 0.25) is 0 Å². The lowest BCUT2D eigenvalue weighted by Gasteiger charge is -2.03. The van der Waals surface area contributed by atoms with E-state index in [0.717, 1.165) is 12.2 Å². The van der Waals surface area contributed by atoms with Gasteiger partial charge in [0.15, 0.2) is 0 Å². The number of ether oxygens (including phenoxy) is 2. The Morgan fingerprint density at radius 2 is 1.73 bits per heavy atom. The van der Waals surface area contributed by atoms with Gasteiger partial charge < -0.3 is 9.47 Å². The van der Waals surface area contributed by atoms with Crippen LogP contribution in [0.5, 0.6) is 0 Å². The second kappa shape index (κ2) is 7.79. The molecule has 0 heterocycles. The van der Waals surface area contributed by atoms with E-state index in [1.165, 1.54) is 6.08 Å². The van der Waals surface area contributed by atoms with Crippen molar-refractivity contribution in [2.75, 3.05) is 13.2 Å². The van der Waals surface area contributed by atoms with E-state index >= 15 is 0 Å². The summed E-state index contributed by atoms with van der Waals surface area (Å²) in [6, 6.07) is 0. The maximum absolute atomic E-state index is 11.0. The zero-order chi connectivity index (χ0) is 11.7. The minimum atomic E-state index is -0.587. The zero-order valence-electron chi connectivity index (χ0n) is 9.06. The first-order chi connectivity index (χ1) is 7.06. The van der Waals surface area contributed by atoms with E-state index in [-0.39, 0.29) is 12.5 Å².